The molecule has 5 rings (SSSR count). The number of β-amino-alcohol motifs (C(OH)–C–C–N with tert-alkyl or cyclic N) is 1. The van der Waals surface area contributed by atoms with Crippen molar-refractivity contribution in [2.24, 2.45) is 0 Å². The molecule has 0 saturated carbocycles. The second kappa shape index (κ2) is 11.9. The summed E-state index contributed by atoms with van der Waals surface area (Å²) >= 11 is 1.78. The van der Waals surface area contributed by atoms with E-state index < -0.39 is 18.0 Å². The molecule has 0 radical (unpaired) electrons. The van der Waals surface area contributed by atoms with Crippen LogP contribution in [0.3, 0.4) is 0 Å². The first-order valence-corrected chi connectivity index (χ1v) is 13.2. The Kier molecular flexibility index (Phi) is 8.65. The summed E-state index contributed by atoms with van der Waals surface area (Å²) in [7, 11) is 0. The minimum Gasteiger partial charge on any atom is -0.490 e. The quantitative estimate of drug-likeness (QED) is 0.253. The number of aliphatic carboxylic acids is 2. The smallest absolute Gasteiger partial charge is 0.414 e. The van der Waals surface area contributed by atoms with Gasteiger partial charge >= 0.3 is 11.9 Å². The lowest BCUT2D eigenvalue weighted by atomic mass is 9.90. The van der Waals surface area contributed by atoms with Gasteiger partial charge in [0.15, 0.2) is 0 Å². The number of aliphatic hydroxyl groups excluding tert-OH is 1. The zero-order valence-electron chi connectivity index (χ0n) is 21.2. The number of benzene rings is 2. The van der Waals surface area contributed by atoms with E-state index in [2.05, 4.69) is 28.9 Å². The van der Waals surface area contributed by atoms with E-state index in [1.54, 1.807) is 17.4 Å². The number of likely N-dealkylation sites (tertiary alicyclic amines) is 1. The first kappa shape index (κ1) is 27.6. The lowest BCUT2D eigenvalue weighted by Gasteiger charge is -2.38. The molecular weight excluding hydrogens is 511 g/mol. The van der Waals surface area contributed by atoms with Crippen molar-refractivity contribution in [3.05, 3.63) is 64.9 Å². The van der Waals surface area contributed by atoms with Crippen LogP contribution in [0.1, 0.15) is 36.3 Å². The first-order chi connectivity index (χ1) is 18.1. The molecule has 0 aliphatic carbocycles. The molecule has 4 aromatic rings. The molecule has 0 amide bonds. The fraction of sp³-hybridized carbons (Fsp3) is 0.357. The molecule has 2 aromatic heterocycles. The summed E-state index contributed by atoms with van der Waals surface area (Å²) in [5.74, 6) is -2.53. The molecule has 202 valence electrons. The van der Waals surface area contributed by atoms with Crippen molar-refractivity contribution in [2.45, 2.75) is 44.8 Å². The van der Waals surface area contributed by atoms with Gasteiger partial charge in [0, 0.05) is 38.8 Å². The average molecular weight is 543 g/mol. The maximum Gasteiger partial charge on any atom is 0.414 e. The molecule has 10 heteroatoms. The number of aliphatic hydroxyl groups is 1. The van der Waals surface area contributed by atoms with E-state index in [0.29, 0.717) is 18.5 Å². The highest BCUT2D eigenvalue weighted by Gasteiger charge is 2.29. The van der Waals surface area contributed by atoms with E-state index in [-0.39, 0.29) is 12.4 Å². The third-order valence-corrected chi connectivity index (χ3v) is 8.01. The average Bonchev–Trinajstić information content (AvgIpc) is 3.46. The van der Waals surface area contributed by atoms with Gasteiger partial charge in [0.1, 0.15) is 24.3 Å². The number of carboxylic acids is 2. The number of aryl methyl sites for hydroxylation is 1. The number of nitrogens with zero attached hydrogens (tertiary/aromatic N) is 1. The van der Waals surface area contributed by atoms with E-state index in [1.165, 1.54) is 10.9 Å². The van der Waals surface area contributed by atoms with Crippen molar-refractivity contribution in [3.63, 3.8) is 0 Å². The van der Waals surface area contributed by atoms with Gasteiger partial charge in [-0.2, -0.15) is 0 Å². The number of piperidine rings is 1. The van der Waals surface area contributed by atoms with Gasteiger partial charge in [-0.05, 0) is 87.0 Å². The van der Waals surface area contributed by atoms with Crippen LogP contribution in [0.25, 0.3) is 21.0 Å². The molecule has 1 fully saturated rings. The summed E-state index contributed by atoms with van der Waals surface area (Å²) in [5, 5.41) is 27.5. The number of aromatic amines is 1. The highest BCUT2D eigenvalue weighted by Crippen LogP contribution is 2.38. The molecule has 1 aliphatic rings. The number of thiophene rings is 1. The van der Waals surface area contributed by atoms with E-state index in [1.807, 2.05) is 31.2 Å². The van der Waals surface area contributed by atoms with Crippen LogP contribution < -0.4 is 4.74 Å². The molecule has 0 bridgehead atoms. The van der Waals surface area contributed by atoms with Gasteiger partial charge in [0.25, 0.3) is 0 Å². The minimum absolute atomic E-state index is 0.177. The number of hydrogen-bond donors (Lipinski definition) is 4. The Morgan fingerprint density at radius 1 is 1.18 bits per heavy atom. The third-order valence-electron chi connectivity index (χ3n) is 6.73. The molecule has 1 saturated heterocycles. The second-order valence-corrected chi connectivity index (χ2v) is 10.8. The van der Waals surface area contributed by atoms with Gasteiger partial charge in [-0.25, -0.2) is 14.0 Å². The van der Waals surface area contributed by atoms with Crippen LogP contribution in [0.5, 0.6) is 5.75 Å². The van der Waals surface area contributed by atoms with Gasteiger partial charge < -0.3 is 25.0 Å². The summed E-state index contributed by atoms with van der Waals surface area (Å²) in [6, 6.07) is 15.6. The summed E-state index contributed by atoms with van der Waals surface area (Å²) in [5.41, 5.74) is 2.14. The highest BCUT2D eigenvalue weighted by molar-refractivity contribution is 7.19. The largest absolute Gasteiger partial charge is 0.490 e. The van der Waals surface area contributed by atoms with E-state index in [0.717, 1.165) is 51.8 Å². The number of hydrogen-bond acceptors (Lipinski definition) is 6. The predicted molar refractivity (Wildman–Crippen MR) is 145 cm³/mol. The monoisotopic (exact) mass is 542 g/mol. The van der Waals surface area contributed by atoms with Crippen molar-refractivity contribution >= 4 is 44.3 Å². The molecule has 0 spiro atoms. The molecule has 38 heavy (non-hydrogen) atoms. The molecule has 3 heterocycles. The van der Waals surface area contributed by atoms with Gasteiger partial charge in [-0.15, -0.1) is 11.3 Å². The Hall–Kier alpha value is -3.47. The number of halogens is 1. The standard InChI is InChI=1S/C26H29FN2O2S.C2H2O4/c1-16-10-22-23(28-16)4-3-5-24(22)31-15-21(30)14-29-9-8-18(11-17(29)2)26-13-19-12-20(27)6-7-25(19)32-26;3-1(4)2(5)6/h3-7,10,12-13,17-18,21,28,30H,8-9,11,14-15H2,1-2H3;(H,3,4)(H,5,6)/t17-,18+,21-;/m0./s1. The maximum atomic E-state index is 13.5. The zero-order chi connectivity index (χ0) is 27.4. The zero-order valence-corrected chi connectivity index (χ0v) is 22.0. The van der Waals surface area contributed by atoms with Crippen LogP contribution in [0.4, 0.5) is 4.39 Å². The molecule has 3 atom stereocenters. The van der Waals surface area contributed by atoms with Crippen molar-refractivity contribution < 1.29 is 34.0 Å². The number of H-pyrrole nitrogens is 1. The highest BCUT2D eigenvalue weighted by atomic mass is 32.1. The molecule has 1 aliphatic heterocycles. The molecule has 8 nitrogen and oxygen atoms in total. The van der Waals surface area contributed by atoms with Crippen LogP contribution in [-0.2, 0) is 9.59 Å². The number of carboxylic acid groups (broad SMARTS) is 2. The summed E-state index contributed by atoms with van der Waals surface area (Å²) in [4.78, 5) is 25.2. The topological polar surface area (TPSA) is 123 Å². The first-order valence-electron chi connectivity index (χ1n) is 12.4. The number of rotatable bonds is 6. The van der Waals surface area contributed by atoms with Crippen LogP contribution in [0, 0.1) is 12.7 Å². The van der Waals surface area contributed by atoms with Crippen LogP contribution in [-0.4, -0.2) is 69.0 Å². The Morgan fingerprint density at radius 2 is 1.95 bits per heavy atom. The van der Waals surface area contributed by atoms with Crippen molar-refractivity contribution in [1.29, 1.82) is 0 Å². The Labute approximate surface area is 223 Å². The summed E-state index contributed by atoms with van der Waals surface area (Å²) < 4.78 is 20.7. The number of carbonyl (C=O) groups is 2. The lowest BCUT2D eigenvalue weighted by Crippen LogP contribution is -2.45. The number of aromatic nitrogens is 1. The third kappa shape index (κ3) is 6.69. The summed E-state index contributed by atoms with van der Waals surface area (Å²) in [6.45, 7) is 6.08. The van der Waals surface area contributed by atoms with E-state index >= 15 is 0 Å². The summed E-state index contributed by atoms with van der Waals surface area (Å²) in [6.07, 6.45) is 1.55. The van der Waals surface area contributed by atoms with Gasteiger partial charge in [0.05, 0.1) is 0 Å². The van der Waals surface area contributed by atoms with E-state index in [4.69, 9.17) is 24.5 Å². The number of nitrogens with one attached hydrogen (secondary N) is 1. The van der Waals surface area contributed by atoms with Crippen molar-refractivity contribution in [3.8, 4) is 5.75 Å². The van der Waals surface area contributed by atoms with Crippen LogP contribution in [0.2, 0.25) is 0 Å². The molecule has 2 aromatic carbocycles. The fourth-order valence-electron chi connectivity index (χ4n) is 4.89. The van der Waals surface area contributed by atoms with Crippen LogP contribution >= 0.6 is 11.3 Å². The number of ether oxygens (including phenoxy) is 1. The Morgan fingerprint density at radius 3 is 2.66 bits per heavy atom. The minimum atomic E-state index is -1.82. The molecule has 4 N–H and O–H groups in total. The van der Waals surface area contributed by atoms with Gasteiger partial charge in [0.2, 0.25) is 0 Å². The van der Waals surface area contributed by atoms with Gasteiger partial charge in [-0.3, -0.25) is 4.90 Å². The normalized spacial score (nSPS) is 18.6. The molecule has 0 unspecified atom stereocenters. The SMILES string of the molecule is Cc1cc2c(OC[C@@H](O)CN3CC[C@@H](c4cc5cc(F)ccc5s4)C[C@@H]3C)cccc2[nH]1.O=C(O)C(=O)O. The fourth-order valence-corrected chi connectivity index (χ4v) is 6.08. The Balaban J connectivity index is 0.000000505. The van der Waals surface area contributed by atoms with Crippen LogP contribution in [0.15, 0.2) is 48.5 Å². The second-order valence-electron chi connectivity index (χ2n) is 9.64. The van der Waals surface area contributed by atoms with Gasteiger partial charge in [-0.1, -0.05) is 6.07 Å². The van der Waals surface area contributed by atoms with Crippen molar-refractivity contribution in [2.75, 3.05) is 19.7 Å². The number of fused-ring (bicyclic) bond motifs is 2. The molecular formula is C28H31FN2O6S. The lowest BCUT2D eigenvalue weighted by molar-refractivity contribution is -0.159. The Bertz CT molecular complexity index is 1420. The van der Waals surface area contributed by atoms with Crippen molar-refractivity contribution in [1.82, 2.24) is 9.88 Å². The van der Waals surface area contributed by atoms with E-state index in [9.17, 15) is 9.50 Å². The predicted octanol–water partition coefficient (Wildman–Crippen LogP) is 4.99. The maximum absolute atomic E-state index is 13.5.